The van der Waals surface area contributed by atoms with Crippen molar-refractivity contribution in [3.8, 4) is 5.75 Å². The van der Waals surface area contributed by atoms with Crippen molar-refractivity contribution in [3.63, 3.8) is 0 Å². The van der Waals surface area contributed by atoms with Gasteiger partial charge in [-0.05, 0) is 55.7 Å². The number of piperazine rings is 1. The largest absolute Gasteiger partial charge is 0.497 e. The van der Waals surface area contributed by atoms with E-state index in [0.29, 0.717) is 13.0 Å². The summed E-state index contributed by atoms with van der Waals surface area (Å²) in [5, 5.41) is 3.13. The molecule has 1 aromatic rings. The molecule has 3 fully saturated rings. The van der Waals surface area contributed by atoms with Gasteiger partial charge < -0.3 is 19.9 Å². The second kappa shape index (κ2) is 10.9. The average molecular weight is 456 g/mol. The molecule has 1 aromatic carbocycles. The first-order valence-electron chi connectivity index (χ1n) is 13.0. The molecule has 2 amide bonds. The fourth-order valence-corrected chi connectivity index (χ4v) is 5.99. The van der Waals surface area contributed by atoms with Crippen LogP contribution in [0.1, 0.15) is 70.3 Å². The zero-order valence-electron chi connectivity index (χ0n) is 20.5. The number of carbonyl (C=O) groups is 2. The fraction of sp³-hybridized carbons (Fsp3) is 0.704. The zero-order chi connectivity index (χ0) is 23.3. The van der Waals surface area contributed by atoms with Gasteiger partial charge in [-0.1, -0.05) is 44.7 Å². The highest BCUT2D eigenvalue weighted by Crippen LogP contribution is 2.35. The highest BCUT2D eigenvalue weighted by atomic mass is 16.5. The molecule has 0 bridgehead atoms. The number of amides is 2. The fourth-order valence-electron chi connectivity index (χ4n) is 5.99. The summed E-state index contributed by atoms with van der Waals surface area (Å²) in [6.45, 7) is 5.78. The van der Waals surface area contributed by atoms with Crippen LogP contribution in [0.25, 0.3) is 0 Å². The molecule has 0 unspecified atom stereocenters. The molecule has 1 N–H and O–H groups in total. The predicted octanol–water partition coefficient (Wildman–Crippen LogP) is 3.78. The first kappa shape index (κ1) is 24.1. The maximum atomic E-state index is 13.6. The third kappa shape index (κ3) is 5.37. The summed E-state index contributed by atoms with van der Waals surface area (Å²) in [5.41, 5.74) is 0.356. The maximum absolute atomic E-state index is 13.6. The minimum atomic E-state index is -0.675. The number of methoxy groups -OCH3 is 1. The standard InChI is InChI=1S/C27H41N3O3/c1-3-4-16-30-25(31)24(19-21-10-12-23(33-2)13-11-21)28-26(32)27(30)14-17-29(18-15-27)20-22-8-6-5-7-9-22/h10-13,22,24H,3-9,14-20H2,1-2H3,(H,28,32)/t24-/m0/s1. The smallest absolute Gasteiger partial charge is 0.246 e. The Morgan fingerprint density at radius 1 is 1.06 bits per heavy atom. The second-order valence-electron chi connectivity index (χ2n) is 10.3. The number of likely N-dealkylation sites (tertiary alicyclic amines) is 1. The Morgan fingerprint density at radius 2 is 1.76 bits per heavy atom. The number of ether oxygens (including phenoxy) is 1. The molecule has 1 aliphatic carbocycles. The molecule has 1 atom stereocenters. The topological polar surface area (TPSA) is 61.9 Å². The third-order valence-corrected chi connectivity index (χ3v) is 8.07. The second-order valence-corrected chi connectivity index (χ2v) is 10.3. The van der Waals surface area contributed by atoms with Crippen molar-refractivity contribution in [2.75, 3.05) is 33.3 Å². The first-order valence-corrected chi connectivity index (χ1v) is 13.0. The number of nitrogens with one attached hydrogen (secondary N) is 1. The van der Waals surface area contributed by atoms with E-state index in [1.807, 2.05) is 29.2 Å². The van der Waals surface area contributed by atoms with Gasteiger partial charge in [-0.3, -0.25) is 9.59 Å². The van der Waals surface area contributed by atoms with Gasteiger partial charge in [0.1, 0.15) is 17.3 Å². The van der Waals surface area contributed by atoms with E-state index in [1.54, 1.807) is 7.11 Å². The van der Waals surface area contributed by atoms with Gasteiger partial charge in [0.25, 0.3) is 0 Å². The predicted molar refractivity (Wildman–Crippen MR) is 130 cm³/mol. The summed E-state index contributed by atoms with van der Waals surface area (Å²) in [6, 6.07) is 7.27. The number of nitrogens with zero attached hydrogens (tertiary/aromatic N) is 2. The van der Waals surface area contributed by atoms with Crippen molar-refractivity contribution in [1.82, 2.24) is 15.1 Å². The molecule has 2 heterocycles. The number of rotatable bonds is 8. The van der Waals surface area contributed by atoms with Gasteiger partial charge in [-0.25, -0.2) is 0 Å². The van der Waals surface area contributed by atoms with Crippen LogP contribution in [0.15, 0.2) is 24.3 Å². The van der Waals surface area contributed by atoms with Crippen molar-refractivity contribution in [2.45, 2.75) is 82.7 Å². The van der Waals surface area contributed by atoms with Crippen molar-refractivity contribution in [2.24, 2.45) is 5.92 Å². The lowest BCUT2D eigenvalue weighted by Gasteiger charge is -2.52. The molecule has 4 rings (SSSR count). The van der Waals surface area contributed by atoms with Gasteiger partial charge >= 0.3 is 0 Å². The van der Waals surface area contributed by atoms with Crippen LogP contribution in [0, 0.1) is 5.92 Å². The first-order chi connectivity index (χ1) is 16.1. The van der Waals surface area contributed by atoms with Crippen LogP contribution in [-0.4, -0.2) is 66.5 Å². The van der Waals surface area contributed by atoms with E-state index in [1.165, 1.54) is 32.1 Å². The molecule has 1 saturated carbocycles. The lowest BCUT2D eigenvalue weighted by molar-refractivity contribution is -0.161. The number of hydrogen-bond acceptors (Lipinski definition) is 4. The SMILES string of the molecule is CCCCN1C(=O)[C@H](Cc2ccc(OC)cc2)NC(=O)C12CCN(CC1CCCCC1)CC2. The number of hydrogen-bond donors (Lipinski definition) is 1. The van der Waals surface area contributed by atoms with Gasteiger partial charge in [0.15, 0.2) is 0 Å². The van der Waals surface area contributed by atoms with Crippen LogP contribution < -0.4 is 10.1 Å². The van der Waals surface area contributed by atoms with Crippen LogP contribution in [0.4, 0.5) is 0 Å². The Morgan fingerprint density at radius 3 is 2.39 bits per heavy atom. The molecule has 182 valence electrons. The molecule has 1 spiro atoms. The summed E-state index contributed by atoms with van der Waals surface area (Å²) in [5.74, 6) is 1.73. The van der Waals surface area contributed by atoms with Gasteiger partial charge in [0, 0.05) is 32.6 Å². The lowest BCUT2D eigenvalue weighted by Crippen LogP contribution is -2.73. The van der Waals surface area contributed by atoms with E-state index in [9.17, 15) is 9.59 Å². The van der Waals surface area contributed by atoms with Gasteiger partial charge in [-0.2, -0.15) is 0 Å². The molecule has 0 radical (unpaired) electrons. The van der Waals surface area contributed by atoms with Crippen molar-refractivity contribution in [3.05, 3.63) is 29.8 Å². The van der Waals surface area contributed by atoms with E-state index in [2.05, 4.69) is 17.1 Å². The number of benzene rings is 1. The monoisotopic (exact) mass is 455 g/mol. The Kier molecular flexibility index (Phi) is 7.94. The highest BCUT2D eigenvalue weighted by Gasteiger charge is 2.53. The Labute approximate surface area is 199 Å². The number of carbonyl (C=O) groups excluding carboxylic acids is 2. The average Bonchev–Trinajstić information content (AvgIpc) is 2.85. The molecule has 6 nitrogen and oxygen atoms in total. The van der Waals surface area contributed by atoms with E-state index in [-0.39, 0.29) is 11.8 Å². The van der Waals surface area contributed by atoms with Crippen LogP contribution in [-0.2, 0) is 16.0 Å². The summed E-state index contributed by atoms with van der Waals surface area (Å²) in [4.78, 5) is 31.7. The van der Waals surface area contributed by atoms with Crippen molar-refractivity contribution in [1.29, 1.82) is 0 Å². The molecule has 0 aromatic heterocycles. The quantitative estimate of drug-likeness (QED) is 0.648. The van der Waals surface area contributed by atoms with Crippen molar-refractivity contribution >= 4 is 11.8 Å². The van der Waals surface area contributed by atoms with E-state index in [0.717, 1.165) is 62.5 Å². The molecule has 2 saturated heterocycles. The Balaban J connectivity index is 1.44. The van der Waals surface area contributed by atoms with E-state index < -0.39 is 11.6 Å². The number of piperidine rings is 1. The zero-order valence-corrected chi connectivity index (χ0v) is 20.5. The number of unbranched alkanes of at least 4 members (excludes halogenated alkanes) is 1. The van der Waals surface area contributed by atoms with Crippen LogP contribution in [0.3, 0.4) is 0 Å². The van der Waals surface area contributed by atoms with E-state index >= 15 is 0 Å². The Hall–Kier alpha value is -2.08. The highest BCUT2D eigenvalue weighted by molar-refractivity contribution is 6.00. The molecule has 6 heteroatoms. The molecule has 33 heavy (non-hydrogen) atoms. The van der Waals surface area contributed by atoms with E-state index in [4.69, 9.17) is 4.74 Å². The minimum Gasteiger partial charge on any atom is -0.497 e. The summed E-state index contributed by atoms with van der Waals surface area (Å²) in [6.07, 6.45) is 10.7. The van der Waals surface area contributed by atoms with Crippen LogP contribution in [0.2, 0.25) is 0 Å². The maximum Gasteiger partial charge on any atom is 0.246 e. The molecule has 2 aliphatic heterocycles. The van der Waals surface area contributed by atoms with Gasteiger partial charge in [0.2, 0.25) is 11.8 Å². The Bertz CT molecular complexity index is 795. The van der Waals surface area contributed by atoms with Gasteiger partial charge in [0.05, 0.1) is 7.11 Å². The van der Waals surface area contributed by atoms with Crippen molar-refractivity contribution < 1.29 is 14.3 Å². The van der Waals surface area contributed by atoms with Crippen LogP contribution in [0.5, 0.6) is 5.75 Å². The minimum absolute atomic E-state index is 0.0500. The normalized spacial score (nSPS) is 24.2. The molecule has 3 aliphatic rings. The summed E-state index contributed by atoms with van der Waals surface area (Å²) < 4.78 is 5.24. The van der Waals surface area contributed by atoms with Gasteiger partial charge in [-0.15, -0.1) is 0 Å². The summed E-state index contributed by atoms with van der Waals surface area (Å²) >= 11 is 0. The molecular weight excluding hydrogens is 414 g/mol. The molecular formula is C27H41N3O3. The summed E-state index contributed by atoms with van der Waals surface area (Å²) in [7, 11) is 1.64. The van der Waals surface area contributed by atoms with Crippen LogP contribution >= 0.6 is 0 Å². The lowest BCUT2D eigenvalue weighted by atomic mass is 9.80. The third-order valence-electron chi connectivity index (χ3n) is 8.07.